The van der Waals surface area contributed by atoms with E-state index in [9.17, 15) is 9.90 Å². The minimum atomic E-state index is -0.850. The molecule has 0 aliphatic rings. The van der Waals surface area contributed by atoms with Crippen molar-refractivity contribution in [2.24, 2.45) is 0 Å². The van der Waals surface area contributed by atoms with Gasteiger partial charge >= 0.3 is 5.97 Å². The lowest BCUT2D eigenvalue weighted by Gasteiger charge is -2.16. The van der Waals surface area contributed by atoms with Crippen molar-refractivity contribution in [2.75, 3.05) is 6.61 Å². The predicted molar refractivity (Wildman–Crippen MR) is 80.5 cm³/mol. The highest BCUT2D eigenvalue weighted by Crippen LogP contribution is 2.14. The molecule has 1 rings (SSSR count). The Labute approximate surface area is 120 Å². The molecule has 0 heterocycles. The molecule has 0 aliphatic heterocycles. The first-order valence-electron chi connectivity index (χ1n) is 6.68. The molecule has 108 valence electrons. The molecule has 1 N–H and O–H groups in total. The van der Waals surface area contributed by atoms with Crippen LogP contribution in [0.15, 0.2) is 54.6 Å². The van der Waals surface area contributed by atoms with E-state index in [-0.39, 0.29) is 12.6 Å². The van der Waals surface area contributed by atoms with Crippen LogP contribution < -0.4 is 0 Å². The molecule has 0 aromatic heterocycles. The molecule has 0 saturated heterocycles. The number of ether oxygens (including phenoxy) is 1. The molecule has 0 bridgehead atoms. The summed E-state index contributed by atoms with van der Waals surface area (Å²) in [5.74, 6) is -0.323. The molecule has 1 aromatic rings. The summed E-state index contributed by atoms with van der Waals surface area (Å²) < 4.78 is 5.21. The van der Waals surface area contributed by atoms with Crippen LogP contribution in [0.25, 0.3) is 0 Å². The molecular formula is C17H22O3. The normalized spacial score (nSPS) is 14.4. The third-order valence-corrected chi connectivity index (χ3v) is 3.02. The van der Waals surface area contributed by atoms with Gasteiger partial charge in [-0.1, -0.05) is 30.4 Å². The maximum Gasteiger partial charge on any atom is 0.338 e. The monoisotopic (exact) mass is 274 g/mol. The SMILES string of the molecule is C=C[C@](C)(O)CC/C=C(\C)COC(=O)c1ccccc1. The van der Waals surface area contributed by atoms with Crippen LogP contribution in [0.5, 0.6) is 0 Å². The molecule has 0 radical (unpaired) electrons. The fourth-order valence-electron chi connectivity index (χ4n) is 1.61. The van der Waals surface area contributed by atoms with E-state index in [1.165, 1.54) is 6.08 Å². The van der Waals surface area contributed by atoms with Gasteiger partial charge in [0.2, 0.25) is 0 Å². The van der Waals surface area contributed by atoms with Gasteiger partial charge in [-0.2, -0.15) is 0 Å². The van der Waals surface area contributed by atoms with Crippen molar-refractivity contribution < 1.29 is 14.6 Å². The fraction of sp³-hybridized carbons (Fsp3) is 0.353. The van der Waals surface area contributed by atoms with Gasteiger partial charge in [-0.05, 0) is 44.4 Å². The van der Waals surface area contributed by atoms with E-state index in [1.54, 1.807) is 31.2 Å². The first kappa shape index (κ1) is 16.2. The van der Waals surface area contributed by atoms with Crippen molar-refractivity contribution >= 4 is 5.97 Å². The summed E-state index contributed by atoms with van der Waals surface area (Å²) >= 11 is 0. The van der Waals surface area contributed by atoms with Crippen LogP contribution >= 0.6 is 0 Å². The van der Waals surface area contributed by atoms with Crippen molar-refractivity contribution in [3.8, 4) is 0 Å². The van der Waals surface area contributed by atoms with Gasteiger partial charge in [-0.25, -0.2) is 4.79 Å². The van der Waals surface area contributed by atoms with Crippen LogP contribution in [-0.2, 0) is 4.74 Å². The van der Waals surface area contributed by atoms with E-state index in [0.717, 1.165) is 5.57 Å². The Bertz CT molecular complexity index is 472. The number of esters is 1. The average Bonchev–Trinajstić information content (AvgIpc) is 2.45. The molecule has 20 heavy (non-hydrogen) atoms. The Kier molecular flexibility index (Phi) is 6.19. The van der Waals surface area contributed by atoms with E-state index in [1.807, 2.05) is 19.1 Å². The molecule has 0 aliphatic carbocycles. The quantitative estimate of drug-likeness (QED) is 0.611. The van der Waals surface area contributed by atoms with Crippen LogP contribution in [0.3, 0.4) is 0 Å². The maximum absolute atomic E-state index is 11.7. The summed E-state index contributed by atoms with van der Waals surface area (Å²) in [7, 11) is 0. The van der Waals surface area contributed by atoms with E-state index < -0.39 is 5.60 Å². The van der Waals surface area contributed by atoms with Crippen molar-refractivity contribution in [3.63, 3.8) is 0 Å². The van der Waals surface area contributed by atoms with Crippen molar-refractivity contribution in [1.29, 1.82) is 0 Å². The zero-order valence-electron chi connectivity index (χ0n) is 12.1. The van der Waals surface area contributed by atoms with E-state index in [2.05, 4.69) is 6.58 Å². The van der Waals surface area contributed by atoms with Gasteiger partial charge in [-0.15, -0.1) is 6.58 Å². The zero-order valence-corrected chi connectivity index (χ0v) is 12.1. The van der Waals surface area contributed by atoms with Gasteiger partial charge in [-0.3, -0.25) is 0 Å². The first-order chi connectivity index (χ1) is 9.44. The third-order valence-electron chi connectivity index (χ3n) is 3.02. The number of aliphatic hydroxyl groups is 1. The first-order valence-corrected chi connectivity index (χ1v) is 6.68. The minimum Gasteiger partial charge on any atom is -0.458 e. The summed E-state index contributed by atoms with van der Waals surface area (Å²) in [5.41, 5.74) is 0.668. The fourth-order valence-corrected chi connectivity index (χ4v) is 1.61. The Hall–Kier alpha value is -1.87. The van der Waals surface area contributed by atoms with Crippen LogP contribution in [0.4, 0.5) is 0 Å². The number of benzene rings is 1. The lowest BCUT2D eigenvalue weighted by atomic mass is 10.00. The van der Waals surface area contributed by atoms with Gasteiger partial charge in [0.25, 0.3) is 0 Å². The highest BCUT2D eigenvalue weighted by molar-refractivity contribution is 5.89. The summed E-state index contributed by atoms with van der Waals surface area (Å²) in [6, 6.07) is 8.91. The highest BCUT2D eigenvalue weighted by Gasteiger charge is 2.13. The summed E-state index contributed by atoms with van der Waals surface area (Å²) in [6.45, 7) is 7.48. The number of rotatable bonds is 7. The van der Waals surface area contributed by atoms with Gasteiger partial charge in [0.1, 0.15) is 6.61 Å². The largest absolute Gasteiger partial charge is 0.458 e. The van der Waals surface area contributed by atoms with Crippen LogP contribution in [0, 0.1) is 0 Å². The molecule has 3 nitrogen and oxygen atoms in total. The molecule has 1 aromatic carbocycles. The Morgan fingerprint density at radius 2 is 2.05 bits per heavy atom. The minimum absolute atomic E-state index is 0.268. The van der Waals surface area contributed by atoms with Crippen molar-refractivity contribution in [1.82, 2.24) is 0 Å². The van der Waals surface area contributed by atoms with Crippen LogP contribution in [0.1, 0.15) is 37.0 Å². The molecule has 0 unspecified atom stereocenters. The molecular weight excluding hydrogens is 252 g/mol. The average molecular weight is 274 g/mol. The topological polar surface area (TPSA) is 46.5 Å². The van der Waals surface area contributed by atoms with Gasteiger partial charge < -0.3 is 9.84 Å². The van der Waals surface area contributed by atoms with Crippen molar-refractivity contribution in [2.45, 2.75) is 32.3 Å². The van der Waals surface area contributed by atoms with Gasteiger partial charge in [0.15, 0.2) is 0 Å². The van der Waals surface area contributed by atoms with E-state index in [0.29, 0.717) is 18.4 Å². The second kappa shape index (κ2) is 7.65. The second-order valence-corrected chi connectivity index (χ2v) is 5.09. The molecule has 0 spiro atoms. The summed E-state index contributed by atoms with van der Waals surface area (Å²) in [4.78, 5) is 11.7. The number of hydrogen-bond donors (Lipinski definition) is 1. The zero-order chi connectivity index (χ0) is 15.0. The number of carbonyl (C=O) groups excluding carboxylic acids is 1. The van der Waals surface area contributed by atoms with E-state index >= 15 is 0 Å². The third kappa shape index (κ3) is 5.85. The van der Waals surface area contributed by atoms with Crippen molar-refractivity contribution in [3.05, 3.63) is 60.2 Å². The number of carbonyl (C=O) groups is 1. The molecule has 0 fully saturated rings. The van der Waals surface area contributed by atoms with E-state index in [4.69, 9.17) is 4.74 Å². The Balaban J connectivity index is 2.38. The van der Waals surface area contributed by atoms with Gasteiger partial charge in [0, 0.05) is 0 Å². The molecule has 0 saturated carbocycles. The number of hydrogen-bond acceptors (Lipinski definition) is 3. The second-order valence-electron chi connectivity index (χ2n) is 5.09. The number of allylic oxidation sites excluding steroid dienone is 1. The smallest absolute Gasteiger partial charge is 0.338 e. The molecule has 0 amide bonds. The van der Waals surface area contributed by atoms with Crippen LogP contribution in [-0.4, -0.2) is 23.3 Å². The van der Waals surface area contributed by atoms with Gasteiger partial charge in [0.05, 0.1) is 11.2 Å². The Morgan fingerprint density at radius 1 is 1.40 bits per heavy atom. The molecule has 3 heteroatoms. The predicted octanol–water partition coefficient (Wildman–Crippen LogP) is 3.51. The lowest BCUT2D eigenvalue weighted by molar-refractivity contribution is 0.0539. The summed E-state index contributed by atoms with van der Waals surface area (Å²) in [5, 5.41) is 9.77. The molecule has 1 atom stereocenters. The highest BCUT2D eigenvalue weighted by atomic mass is 16.5. The standard InChI is InChI=1S/C17H22O3/c1-4-17(3,19)12-8-9-14(2)13-20-16(18)15-10-6-5-7-11-15/h4-7,9-11,19H,1,8,12-13H2,2-3H3/b14-9+/t17-/m0/s1. The van der Waals surface area contributed by atoms with Crippen LogP contribution in [0.2, 0.25) is 0 Å². The Morgan fingerprint density at radius 3 is 2.65 bits per heavy atom. The lowest BCUT2D eigenvalue weighted by Crippen LogP contribution is -2.19. The maximum atomic E-state index is 11.7. The summed E-state index contributed by atoms with van der Waals surface area (Å²) in [6.07, 6.45) is 4.82.